The minimum absolute atomic E-state index is 0.153. The first-order chi connectivity index (χ1) is 9.15. The number of amides is 1. The van der Waals surface area contributed by atoms with E-state index in [0.717, 1.165) is 18.6 Å². The molecule has 0 radical (unpaired) electrons. The van der Waals surface area contributed by atoms with Crippen molar-refractivity contribution < 1.29 is 19.2 Å². The average molecular weight is 264 g/mol. The van der Waals surface area contributed by atoms with Crippen LogP contribution in [-0.2, 0) is 4.79 Å². The van der Waals surface area contributed by atoms with Gasteiger partial charge < -0.3 is 14.5 Å². The lowest BCUT2D eigenvalue weighted by Crippen LogP contribution is -2.40. The smallest absolute Gasteiger partial charge is 0.306 e. The quantitative estimate of drug-likeness (QED) is 0.894. The Balaban J connectivity index is 1.62. The first kappa shape index (κ1) is 12.2. The van der Waals surface area contributed by atoms with Crippen LogP contribution in [0, 0.1) is 5.92 Å². The molecule has 1 aromatic rings. The van der Waals surface area contributed by atoms with E-state index in [2.05, 4.69) is 5.16 Å². The number of hydrogen-bond donors (Lipinski definition) is 1. The fraction of sp³-hybridized carbons (Fsp3) is 0.615. The molecule has 6 heteroatoms. The minimum Gasteiger partial charge on any atom is -0.481 e. The number of rotatable bonds is 3. The molecule has 0 spiro atoms. The first-order valence-corrected chi connectivity index (χ1v) is 6.64. The number of nitrogens with zero attached hydrogens (tertiary/aromatic N) is 2. The van der Waals surface area contributed by atoms with Crippen LogP contribution in [0.5, 0.6) is 0 Å². The number of carbonyl (C=O) groups excluding carboxylic acids is 1. The molecule has 0 atom stereocenters. The molecule has 19 heavy (non-hydrogen) atoms. The van der Waals surface area contributed by atoms with E-state index < -0.39 is 5.97 Å². The normalized spacial score (nSPS) is 20.5. The molecule has 2 fully saturated rings. The van der Waals surface area contributed by atoms with Crippen molar-refractivity contribution in [2.75, 3.05) is 13.1 Å². The summed E-state index contributed by atoms with van der Waals surface area (Å²) in [6.07, 6.45) is 3.22. The van der Waals surface area contributed by atoms with Gasteiger partial charge in [0.15, 0.2) is 5.69 Å². The summed E-state index contributed by atoms with van der Waals surface area (Å²) in [5.41, 5.74) is 0.343. The van der Waals surface area contributed by atoms with Crippen LogP contribution in [0.4, 0.5) is 0 Å². The van der Waals surface area contributed by atoms with E-state index in [1.165, 1.54) is 0 Å². The summed E-state index contributed by atoms with van der Waals surface area (Å²) in [6, 6.07) is 1.73. The second-order valence-electron chi connectivity index (χ2n) is 5.29. The van der Waals surface area contributed by atoms with Crippen molar-refractivity contribution in [1.82, 2.24) is 10.1 Å². The molecular formula is C13H16N2O4. The molecule has 0 bridgehead atoms. The van der Waals surface area contributed by atoms with Crippen molar-refractivity contribution in [3.8, 4) is 0 Å². The summed E-state index contributed by atoms with van der Waals surface area (Å²) in [7, 11) is 0. The highest BCUT2D eigenvalue weighted by Crippen LogP contribution is 2.40. The zero-order chi connectivity index (χ0) is 13.4. The van der Waals surface area contributed by atoms with Gasteiger partial charge in [0, 0.05) is 25.1 Å². The highest BCUT2D eigenvalue weighted by molar-refractivity contribution is 5.92. The maximum absolute atomic E-state index is 12.2. The van der Waals surface area contributed by atoms with Gasteiger partial charge >= 0.3 is 5.97 Å². The standard InChI is InChI=1S/C13H16N2O4/c16-12(10-7-11(19-14-10)8-1-2-8)15-5-3-9(4-6-15)13(17)18/h7-9H,1-6H2,(H,17,18). The molecule has 6 nitrogen and oxygen atoms in total. The van der Waals surface area contributed by atoms with Gasteiger partial charge in [0.2, 0.25) is 0 Å². The first-order valence-electron chi connectivity index (χ1n) is 6.64. The van der Waals surface area contributed by atoms with Crippen LogP contribution in [-0.4, -0.2) is 40.1 Å². The number of likely N-dealkylation sites (tertiary alicyclic amines) is 1. The molecule has 0 aromatic carbocycles. The minimum atomic E-state index is -0.774. The van der Waals surface area contributed by atoms with Crippen LogP contribution in [0.1, 0.15) is 47.8 Å². The molecule has 1 amide bonds. The summed E-state index contributed by atoms with van der Waals surface area (Å²) in [5, 5.41) is 12.7. The van der Waals surface area contributed by atoms with Crippen molar-refractivity contribution in [3.63, 3.8) is 0 Å². The SMILES string of the molecule is O=C(O)C1CCN(C(=O)c2cc(C3CC3)on2)CC1. The molecule has 1 saturated heterocycles. The van der Waals surface area contributed by atoms with E-state index in [4.69, 9.17) is 9.63 Å². The number of carboxylic acid groups (broad SMARTS) is 1. The van der Waals surface area contributed by atoms with E-state index in [0.29, 0.717) is 37.5 Å². The molecule has 102 valence electrons. The van der Waals surface area contributed by atoms with Crippen LogP contribution in [0.25, 0.3) is 0 Å². The number of piperidine rings is 1. The molecule has 1 saturated carbocycles. The predicted octanol–water partition coefficient (Wildman–Crippen LogP) is 1.49. The summed E-state index contributed by atoms with van der Waals surface area (Å²) in [6.45, 7) is 0.947. The number of carbonyl (C=O) groups is 2. The lowest BCUT2D eigenvalue weighted by Gasteiger charge is -2.29. The molecule has 1 N–H and O–H groups in total. The third kappa shape index (κ3) is 2.47. The number of aromatic nitrogens is 1. The number of aliphatic carboxylic acids is 1. The van der Waals surface area contributed by atoms with Gasteiger partial charge in [-0.25, -0.2) is 0 Å². The third-order valence-corrected chi connectivity index (χ3v) is 3.86. The van der Waals surface area contributed by atoms with E-state index >= 15 is 0 Å². The molecule has 1 aliphatic carbocycles. The molecular weight excluding hydrogens is 248 g/mol. The van der Waals surface area contributed by atoms with Crippen LogP contribution < -0.4 is 0 Å². The monoisotopic (exact) mass is 264 g/mol. The maximum atomic E-state index is 12.2. The Morgan fingerprint density at radius 2 is 1.95 bits per heavy atom. The largest absolute Gasteiger partial charge is 0.481 e. The predicted molar refractivity (Wildman–Crippen MR) is 64.7 cm³/mol. The third-order valence-electron chi connectivity index (χ3n) is 3.86. The zero-order valence-corrected chi connectivity index (χ0v) is 10.5. The molecule has 3 rings (SSSR count). The van der Waals surface area contributed by atoms with Crippen molar-refractivity contribution in [2.24, 2.45) is 5.92 Å². The van der Waals surface area contributed by atoms with Gasteiger partial charge in [-0.15, -0.1) is 0 Å². The Bertz CT molecular complexity index is 498. The average Bonchev–Trinajstić information content (AvgIpc) is 3.16. The summed E-state index contributed by atoms with van der Waals surface area (Å²) in [4.78, 5) is 24.7. The van der Waals surface area contributed by atoms with Gasteiger partial charge in [0.05, 0.1) is 5.92 Å². The fourth-order valence-electron chi connectivity index (χ4n) is 2.44. The topological polar surface area (TPSA) is 83.6 Å². The highest BCUT2D eigenvalue weighted by atomic mass is 16.5. The summed E-state index contributed by atoms with van der Waals surface area (Å²) >= 11 is 0. The molecule has 2 heterocycles. The second-order valence-corrected chi connectivity index (χ2v) is 5.29. The number of hydrogen-bond acceptors (Lipinski definition) is 4. The summed E-state index contributed by atoms with van der Waals surface area (Å²) < 4.78 is 5.17. The lowest BCUT2D eigenvalue weighted by atomic mass is 9.97. The van der Waals surface area contributed by atoms with E-state index in [1.54, 1.807) is 11.0 Å². The summed E-state index contributed by atoms with van der Waals surface area (Å²) in [5.74, 6) is -0.0250. The molecule has 1 aliphatic heterocycles. The van der Waals surface area contributed by atoms with Gasteiger partial charge in [0.25, 0.3) is 5.91 Å². The Morgan fingerprint density at radius 1 is 1.26 bits per heavy atom. The van der Waals surface area contributed by atoms with Crippen LogP contribution in [0.2, 0.25) is 0 Å². The van der Waals surface area contributed by atoms with Crippen LogP contribution in [0.3, 0.4) is 0 Å². The van der Waals surface area contributed by atoms with Gasteiger partial charge in [0.1, 0.15) is 5.76 Å². The molecule has 1 aromatic heterocycles. The van der Waals surface area contributed by atoms with E-state index in [1.807, 2.05) is 0 Å². The highest BCUT2D eigenvalue weighted by Gasteiger charge is 2.31. The van der Waals surface area contributed by atoms with E-state index in [9.17, 15) is 9.59 Å². The van der Waals surface area contributed by atoms with E-state index in [-0.39, 0.29) is 11.8 Å². The van der Waals surface area contributed by atoms with Crippen molar-refractivity contribution >= 4 is 11.9 Å². The Morgan fingerprint density at radius 3 is 2.53 bits per heavy atom. The second kappa shape index (κ2) is 4.68. The lowest BCUT2D eigenvalue weighted by molar-refractivity contribution is -0.143. The maximum Gasteiger partial charge on any atom is 0.306 e. The zero-order valence-electron chi connectivity index (χ0n) is 10.5. The van der Waals surface area contributed by atoms with Crippen molar-refractivity contribution in [3.05, 3.63) is 17.5 Å². The Kier molecular flexibility index (Phi) is 3.00. The Hall–Kier alpha value is -1.85. The molecule has 2 aliphatic rings. The van der Waals surface area contributed by atoms with Gasteiger partial charge in [-0.1, -0.05) is 5.16 Å². The number of carboxylic acids is 1. The fourth-order valence-corrected chi connectivity index (χ4v) is 2.44. The van der Waals surface area contributed by atoms with Crippen molar-refractivity contribution in [1.29, 1.82) is 0 Å². The van der Waals surface area contributed by atoms with Gasteiger partial charge in [-0.05, 0) is 25.7 Å². The van der Waals surface area contributed by atoms with Gasteiger partial charge in [-0.2, -0.15) is 0 Å². The van der Waals surface area contributed by atoms with Crippen molar-refractivity contribution in [2.45, 2.75) is 31.6 Å². The Labute approximate surface area is 110 Å². The van der Waals surface area contributed by atoms with Crippen LogP contribution in [0.15, 0.2) is 10.6 Å². The van der Waals surface area contributed by atoms with Crippen LogP contribution >= 0.6 is 0 Å². The molecule has 0 unspecified atom stereocenters. The van der Waals surface area contributed by atoms with Gasteiger partial charge in [-0.3, -0.25) is 9.59 Å².